The van der Waals surface area contributed by atoms with E-state index < -0.39 is 5.91 Å². The highest BCUT2D eigenvalue weighted by Gasteiger charge is 2.35. The van der Waals surface area contributed by atoms with Gasteiger partial charge in [0.1, 0.15) is 5.75 Å². The number of nitrogens with one attached hydrogen (secondary N) is 1. The number of ether oxygens (including phenoxy) is 1. The molecule has 0 radical (unpaired) electrons. The summed E-state index contributed by atoms with van der Waals surface area (Å²) >= 11 is 0. The van der Waals surface area contributed by atoms with E-state index >= 15 is 0 Å². The van der Waals surface area contributed by atoms with Crippen LogP contribution in [0, 0.1) is 0 Å². The smallest absolute Gasteiger partial charge is 0.261 e. The average molecular weight is 451 g/mol. The highest BCUT2D eigenvalue weighted by molar-refractivity contribution is 6.24. The lowest BCUT2D eigenvalue weighted by Crippen LogP contribution is -2.43. The third kappa shape index (κ3) is 4.83. The number of carbonyl (C=O) groups excluding carboxylic acids is 2. The van der Waals surface area contributed by atoms with Crippen molar-refractivity contribution in [1.29, 1.82) is 0 Å². The van der Waals surface area contributed by atoms with Crippen molar-refractivity contribution in [2.45, 2.75) is 45.4 Å². The molecule has 4 rings (SSSR count). The first-order valence-corrected chi connectivity index (χ1v) is 11.2. The molecule has 0 atom stereocenters. The first-order valence-electron chi connectivity index (χ1n) is 11.2. The van der Waals surface area contributed by atoms with Gasteiger partial charge in [0.15, 0.2) is 5.82 Å². The third-order valence-electron chi connectivity index (χ3n) is 6.00. The Morgan fingerprint density at radius 3 is 2.58 bits per heavy atom. The van der Waals surface area contributed by atoms with Gasteiger partial charge in [-0.15, -0.1) is 0 Å². The summed E-state index contributed by atoms with van der Waals surface area (Å²) in [5, 5.41) is 2.88. The van der Waals surface area contributed by atoms with Crippen LogP contribution in [0.25, 0.3) is 5.57 Å². The summed E-state index contributed by atoms with van der Waals surface area (Å²) in [5.41, 5.74) is 7.85. The zero-order valence-electron chi connectivity index (χ0n) is 19.2. The van der Waals surface area contributed by atoms with Gasteiger partial charge in [-0.1, -0.05) is 0 Å². The molecule has 1 saturated heterocycles. The number of hydrogen-bond donors (Lipinski definition) is 2. The number of fused-ring (bicyclic) bond motifs is 1. The molecular weight excluding hydrogens is 420 g/mol. The maximum atomic E-state index is 13.2. The summed E-state index contributed by atoms with van der Waals surface area (Å²) in [6, 6.07) is 5.46. The maximum Gasteiger partial charge on any atom is 0.261 e. The maximum absolute atomic E-state index is 13.2. The molecule has 2 aromatic rings. The standard InChI is InChI=1S/C24H30N6O3/c1-15(2)33-21-12-18-16(14-30(24(18)32)17-5-9-29(3)10-6-17)11-20(21)28-23(31)19(13-25)22-26-7-4-8-27-22/h4,7-8,11-13,15,17H,5-6,9-10,14,25H2,1-3H3,(H,28,31)/b19-13+. The number of anilines is 1. The average Bonchev–Trinajstić information content (AvgIpc) is 3.11. The van der Waals surface area contributed by atoms with Gasteiger partial charge in [-0.3, -0.25) is 9.59 Å². The lowest BCUT2D eigenvalue weighted by atomic mass is 10.0. The van der Waals surface area contributed by atoms with Gasteiger partial charge in [0, 0.05) is 36.7 Å². The fourth-order valence-electron chi connectivity index (χ4n) is 4.29. The van der Waals surface area contributed by atoms with Crippen molar-refractivity contribution < 1.29 is 14.3 Å². The van der Waals surface area contributed by atoms with E-state index in [1.807, 2.05) is 24.8 Å². The molecule has 1 fully saturated rings. The quantitative estimate of drug-likeness (QED) is 0.649. The monoisotopic (exact) mass is 450 g/mol. The minimum absolute atomic E-state index is 0.0197. The van der Waals surface area contributed by atoms with E-state index in [0.29, 0.717) is 23.5 Å². The molecule has 0 aliphatic carbocycles. The van der Waals surface area contributed by atoms with Gasteiger partial charge in [-0.05, 0) is 70.6 Å². The van der Waals surface area contributed by atoms with E-state index in [2.05, 4.69) is 27.2 Å². The number of aromatic nitrogens is 2. The number of nitrogens with two attached hydrogens (primary N) is 1. The Hall–Kier alpha value is -3.46. The van der Waals surface area contributed by atoms with E-state index in [1.165, 1.54) is 6.20 Å². The van der Waals surface area contributed by atoms with Crippen LogP contribution in [0.15, 0.2) is 36.8 Å². The largest absolute Gasteiger partial charge is 0.489 e. The molecule has 1 aromatic heterocycles. The molecule has 0 unspecified atom stereocenters. The number of likely N-dealkylation sites (tertiary alicyclic amines) is 1. The normalized spacial score (nSPS) is 17.4. The second-order valence-corrected chi connectivity index (χ2v) is 8.75. The molecule has 0 spiro atoms. The van der Waals surface area contributed by atoms with Crippen molar-refractivity contribution in [1.82, 2.24) is 19.8 Å². The molecule has 9 nitrogen and oxygen atoms in total. The van der Waals surface area contributed by atoms with Crippen LogP contribution in [0.4, 0.5) is 5.69 Å². The zero-order valence-corrected chi connectivity index (χ0v) is 19.2. The van der Waals surface area contributed by atoms with Gasteiger partial charge in [0.25, 0.3) is 11.8 Å². The number of piperidine rings is 1. The van der Waals surface area contributed by atoms with Crippen molar-refractivity contribution >= 4 is 23.1 Å². The number of hydrogen-bond acceptors (Lipinski definition) is 7. The number of nitrogens with zero attached hydrogens (tertiary/aromatic N) is 4. The number of benzene rings is 1. The van der Waals surface area contributed by atoms with Crippen molar-refractivity contribution in [3.63, 3.8) is 0 Å². The Kier molecular flexibility index (Phi) is 6.60. The summed E-state index contributed by atoms with van der Waals surface area (Å²) < 4.78 is 5.96. The van der Waals surface area contributed by atoms with Crippen molar-refractivity contribution in [2.75, 3.05) is 25.5 Å². The number of carbonyl (C=O) groups is 2. The van der Waals surface area contributed by atoms with Crippen LogP contribution < -0.4 is 15.8 Å². The SMILES string of the molecule is CC(C)Oc1cc2c(cc1NC(=O)/C(=C/N)c1ncccn1)CN(C1CCN(C)CC1)C2=O. The first-order chi connectivity index (χ1) is 15.9. The second-order valence-electron chi connectivity index (χ2n) is 8.75. The van der Waals surface area contributed by atoms with Crippen LogP contribution in [-0.2, 0) is 11.3 Å². The zero-order chi connectivity index (χ0) is 23.5. The number of rotatable bonds is 6. The lowest BCUT2D eigenvalue weighted by molar-refractivity contribution is -0.111. The molecule has 2 amide bonds. The summed E-state index contributed by atoms with van der Waals surface area (Å²) in [5.74, 6) is 0.245. The molecular formula is C24H30N6O3. The minimum Gasteiger partial charge on any atom is -0.489 e. The van der Waals surface area contributed by atoms with Gasteiger partial charge >= 0.3 is 0 Å². The summed E-state index contributed by atoms with van der Waals surface area (Å²) in [4.78, 5) is 38.7. The van der Waals surface area contributed by atoms with Gasteiger partial charge < -0.3 is 25.6 Å². The van der Waals surface area contributed by atoms with Crippen LogP contribution in [0.3, 0.4) is 0 Å². The van der Waals surface area contributed by atoms with Crippen LogP contribution in [-0.4, -0.2) is 63.9 Å². The topological polar surface area (TPSA) is 114 Å². The van der Waals surface area contributed by atoms with Gasteiger partial charge in [0.05, 0.1) is 17.4 Å². The van der Waals surface area contributed by atoms with E-state index in [4.69, 9.17) is 10.5 Å². The Morgan fingerprint density at radius 1 is 1.24 bits per heavy atom. The highest BCUT2D eigenvalue weighted by atomic mass is 16.5. The Labute approximate surface area is 193 Å². The molecule has 33 heavy (non-hydrogen) atoms. The van der Waals surface area contributed by atoms with E-state index in [0.717, 1.165) is 31.5 Å². The van der Waals surface area contributed by atoms with Gasteiger partial charge in [-0.25, -0.2) is 9.97 Å². The molecule has 3 heterocycles. The molecule has 1 aromatic carbocycles. The molecule has 0 bridgehead atoms. The fraction of sp³-hybridized carbons (Fsp3) is 0.417. The first kappa shape index (κ1) is 22.7. The molecule has 0 saturated carbocycles. The predicted molar refractivity (Wildman–Crippen MR) is 125 cm³/mol. The van der Waals surface area contributed by atoms with E-state index in [9.17, 15) is 9.59 Å². The minimum atomic E-state index is -0.450. The fourth-order valence-corrected chi connectivity index (χ4v) is 4.29. The Bertz CT molecular complexity index is 1060. The summed E-state index contributed by atoms with van der Waals surface area (Å²) in [6.45, 7) is 6.27. The summed E-state index contributed by atoms with van der Waals surface area (Å²) in [7, 11) is 2.10. The molecule has 174 valence electrons. The third-order valence-corrected chi connectivity index (χ3v) is 6.00. The number of amides is 2. The van der Waals surface area contributed by atoms with Gasteiger partial charge in [0.2, 0.25) is 0 Å². The molecule has 9 heteroatoms. The Balaban J connectivity index is 1.61. The Morgan fingerprint density at radius 2 is 1.94 bits per heavy atom. The van der Waals surface area contributed by atoms with Gasteiger partial charge in [-0.2, -0.15) is 0 Å². The second kappa shape index (κ2) is 9.58. The molecule has 2 aliphatic rings. The van der Waals surface area contributed by atoms with Crippen molar-refractivity contribution in [3.8, 4) is 5.75 Å². The van der Waals surface area contributed by atoms with Crippen molar-refractivity contribution in [3.05, 3.63) is 53.7 Å². The van der Waals surface area contributed by atoms with Crippen LogP contribution in [0.2, 0.25) is 0 Å². The van der Waals surface area contributed by atoms with Crippen LogP contribution >= 0.6 is 0 Å². The molecule has 2 aliphatic heterocycles. The summed E-state index contributed by atoms with van der Waals surface area (Å²) in [6.07, 6.45) is 6.05. The highest BCUT2D eigenvalue weighted by Crippen LogP contribution is 2.36. The van der Waals surface area contributed by atoms with E-state index in [1.54, 1.807) is 24.5 Å². The van der Waals surface area contributed by atoms with E-state index in [-0.39, 0.29) is 29.5 Å². The van der Waals surface area contributed by atoms with Crippen LogP contribution in [0.1, 0.15) is 48.4 Å². The van der Waals surface area contributed by atoms with Crippen LogP contribution in [0.5, 0.6) is 5.75 Å². The lowest BCUT2D eigenvalue weighted by Gasteiger charge is -2.34. The molecule has 3 N–H and O–H groups in total. The van der Waals surface area contributed by atoms with Crippen molar-refractivity contribution in [2.24, 2.45) is 5.73 Å². The predicted octanol–water partition coefficient (Wildman–Crippen LogP) is 2.25.